The zero-order valence-corrected chi connectivity index (χ0v) is 22.3. The highest BCUT2D eigenvalue weighted by Crippen LogP contribution is 2.42. The van der Waals surface area contributed by atoms with E-state index in [2.05, 4.69) is 20.5 Å². The lowest BCUT2D eigenvalue weighted by Crippen LogP contribution is -2.48. The molecule has 0 radical (unpaired) electrons. The highest BCUT2D eigenvalue weighted by Gasteiger charge is 2.32. The standard InChI is InChI=1S/C27H24N6O3S2/c1-32-19-7-5-6-17-22(38-21-9-4-3-8-20(21)36-2)14-33(24(17)19)13-18(27(32)35)28-26(34)25-29-23(30-31-25)12-16-10-11-37-15-16/h3-11,14-15,18H,12-13H2,1-2H3,(H,28,34)(H,29,30,31)/t18-/m0/s1. The van der Waals surface area contributed by atoms with Crippen LogP contribution >= 0.6 is 23.1 Å². The van der Waals surface area contributed by atoms with Gasteiger partial charge in [0, 0.05) is 29.9 Å². The molecule has 0 saturated heterocycles. The Kier molecular flexibility index (Phi) is 6.38. The first kappa shape index (κ1) is 24.3. The highest BCUT2D eigenvalue weighted by atomic mass is 32.2. The second-order valence-corrected chi connectivity index (χ2v) is 10.8. The normalized spacial score (nSPS) is 15.1. The number of hydrogen-bond acceptors (Lipinski definition) is 7. The van der Waals surface area contributed by atoms with Crippen LogP contribution in [0.1, 0.15) is 22.0 Å². The van der Waals surface area contributed by atoms with Crippen molar-refractivity contribution in [3.05, 3.63) is 82.7 Å². The third-order valence-electron chi connectivity index (χ3n) is 6.49. The number of anilines is 1. The molecule has 2 amide bonds. The molecular formula is C27H24N6O3S2. The Bertz CT molecular complexity index is 1640. The fourth-order valence-electron chi connectivity index (χ4n) is 4.65. The number of methoxy groups -OCH3 is 1. The summed E-state index contributed by atoms with van der Waals surface area (Å²) in [5, 5.41) is 14.8. The minimum atomic E-state index is -0.793. The number of hydrogen-bond donors (Lipinski definition) is 2. The van der Waals surface area contributed by atoms with Crippen molar-refractivity contribution in [3.63, 3.8) is 0 Å². The first-order valence-electron chi connectivity index (χ1n) is 12.0. The third kappa shape index (κ3) is 4.44. The van der Waals surface area contributed by atoms with Crippen LogP contribution in [0, 0.1) is 0 Å². The molecule has 0 saturated carbocycles. The second kappa shape index (κ2) is 9.99. The van der Waals surface area contributed by atoms with E-state index in [9.17, 15) is 9.59 Å². The average molecular weight is 545 g/mol. The molecule has 2 N–H and O–H groups in total. The smallest absolute Gasteiger partial charge is 0.291 e. The predicted molar refractivity (Wildman–Crippen MR) is 147 cm³/mol. The number of amides is 2. The molecule has 38 heavy (non-hydrogen) atoms. The number of thiophene rings is 1. The number of nitrogens with zero attached hydrogens (tertiary/aromatic N) is 4. The third-order valence-corrected chi connectivity index (χ3v) is 8.33. The Morgan fingerprint density at radius 2 is 2.08 bits per heavy atom. The summed E-state index contributed by atoms with van der Waals surface area (Å²) in [6.07, 6.45) is 2.58. The van der Waals surface area contributed by atoms with Gasteiger partial charge in [-0.05, 0) is 40.6 Å². The molecular weight excluding hydrogens is 520 g/mol. The van der Waals surface area contributed by atoms with Crippen LogP contribution in [-0.4, -0.2) is 51.8 Å². The van der Waals surface area contributed by atoms with Gasteiger partial charge in [0.1, 0.15) is 17.6 Å². The van der Waals surface area contributed by atoms with Crippen LogP contribution in [0.25, 0.3) is 10.9 Å². The number of rotatable bonds is 7. The molecule has 11 heteroatoms. The Morgan fingerprint density at radius 3 is 2.89 bits per heavy atom. The Balaban J connectivity index is 1.28. The van der Waals surface area contributed by atoms with Crippen molar-refractivity contribution < 1.29 is 14.3 Å². The van der Waals surface area contributed by atoms with E-state index in [1.165, 1.54) is 0 Å². The van der Waals surface area contributed by atoms with Gasteiger partial charge in [-0.25, -0.2) is 4.98 Å². The number of H-pyrrole nitrogens is 1. The van der Waals surface area contributed by atoms with Crippen molar-refractivity contribution in [1.29, 1.82) is 0 Å². The monoisotopic (exact) mass is 544 g/mol. The lowest BCUT2D eigenvalue weighted by Gasteiger charge is -2.21. The van der Waals surface area contributed by atoms with Crippen molar-refractivity contribution in [3.8, 4) is 5.75 Å². The Hall–Kier alpha value is -4.09. The summed E-state index contributed by atoms with van der Waals surface area (Å²) in [6.45, 7) is 0.279. The molecule has 6 rings (SSSR count). The molecule has 0 aliphatic carbocycles. The number of carbonyl (C=O) groups excluding carboxylic acids is 2. The Labute approximate surface area is 226 Å². The molecule has 2 aromatic carbocycles. The van der Waals surface area contributed by atoms with E-state index < -0.39 is 11.9 Å². The summed E-state index contributed by atoms with van der Waals surface area (Å²) in [4.78, 5) is 34.5. The molecule has 192 valence electrons. The molecule has 0 bridgehead atoms. The fourth-order valence-corrected chi connectivity index (χ4v) is 6.40. The first-order valence-corrected chi connectivity index (χ1v) is 13.7. The largest absolute Gasteiger partial charge is 0.496 e. The first-order chi connectivity index (χ1) is 18.5. The molecule has 4 heterocycles. The SMILES string of the molecule is COc1ccccc1Sc1cn2c3c(cccc13)N(C)C(=O)[C@@H](NC(=O)c1n[nH]c(Cc3ccsc3)n1)C2. The van der Waals surface area contributed by atoms with Gasteiger partial charge in [-0.15, -0.1) is 5.10 Å². The maximum atomic E-state index is 13.4. The van der Waals surface area contributed by atoms with E-state index in [0.29, 0.717) is 12.2 Å². The number of aromatic nitrogens is 4. The molecule has 1 aliphatic heterocycles. The molecule has 3 aromatic heterocycles. The van der Waals surface area contributed by atoms with Gasteiger partial charge in [0.2, 0.25) is 5.82 Å². The van der Waals surface area contributed by atoms with Crippen LogP contribution in [0.2, 0.25) is 0 Å². The van der Waals surface area contributed by atoms with Crippen LogP contribution in [0.5, 0.6) is 5.75 Å². The van der Waals surface area contributed by atoms with Crippen molar-refractivity contribution >= 4 is 51.5 Å². The van der Waals surface area contributed by atoms with E-state index in [4.69, 9.17) is 4.74 Å². The number of nitrogens with one attached hydrogen (secondary N) is 2. The molecule has 1 atom stereocenters. The van der Waals surface area contributed by atoms with Crippen LogP contribution in [0.3, 0.4) is 0 Å². The Morgan fingerprint density at radius 1 is 1.21 bits per heavy atom. The van der Waals surface area contributed by atoms with Crippen molar-refractivity contribution in [2.24, 2.45) is 0 Å². The van der Waals surface area contributed by atoms with Crippen LogP contribution in [0.4, 0.5) is 5.69 Å². The molecule has 1 aliphatic rings. The van der Waals surface area contributed by atoms with Gasteiger partial charge < -0.3 is 19.5 Å². The lowest BCUT2D eigenvalue weighted by molar-refractivity contribution is -0.120. The quantitative estimate of drug-likeness (QED) is 0.316. The van der Waals surface area contributed by atoms with Gasteiger partial charge in [0.15, 0.2) is 0 Å². The number of benzene rings is 2. The highest BCUT2D eigenvalue weighted by molar-refractivity contribution is 7.99. The number of aromatic amines is 1. The van der Waals surface area contributed by atoms with Gasteiger partial charge in [-0.1, -0.05) is 36.0 Å². The summed E-state index contributed by atoms with van der Waals surface area (Å²) in [6, 6.07) is 15.0. The van der Waals surface area contributed by atoms with Crippen molar-refractivity contribution in [1.82, 2.24) is 25.1 Å². The zero-order chi connectivity index (χ0) is 26.2. The van der Waals surface area contributed by atoms with E-state index in [-0.39, 0.29) is 18.3 Å². The number of para-hydroxylation sites is 2. The zero-order valence-electron chi connectivity index (χ0n) is 20.7. The molecule has 0 spiro atoms. The predicted octanol–water partition coefficient (Wildman–Crippen LogP) is 4.35. The average Bonchev–Trinajstić information content (AvgIpc) is 3.68. The van der Waals surface area contributed by atoms with Gasteiger partial charge in [-0.2, -0.15) is 11.3 Å². The van der Waals surface area contributed by atoms with E-state index in [0.717, 1.165) is 37.7 Å². The molecule has 0 unspecified atom stereocenters. The molecule has 0 fully saturated rings. The number of ether oxygens (including phenoxy) is 1. The maximum absolute atomic E-state index is 13.4. The summed E-state index contributed by atoms with van der Waals surface area (Å²) in [7, 11) is 3.39. The minimum absolute atomic E-state index is 0.0116. The van der Waals surface area contributed by atoms with Crippen molar-refractivity contribution in [2.75, 3.05) is 19.1 Å². The topological polar surface area (TPSA) is 105 Å². The van der Waals surface area contributed by atoms with E-state index in [1.807, 2.05) is 70.1 Å². The second-order valence-electron chi connectivity index (χ2n) is 8.91. The summed E-state index contributed by atoms with van der Waals surface area (Å²) in [5.74, 6) is 0.696. The molecule has 9 nitrogen and oxygen atoms in total. The van der Waals surface area contributed by atoms with Crippen LogP contribution < -0.4 is 15.0 Å². The van der Waals surface area contributed by atoms with Gasteiger partial charge in [0.25, 0.3) is 11.8 Å². The van der Waals surface area contributed by atoms with Crippen molar-refractivity contribution in [2.45, 2.75) is 28.8 Å². The van der Waals surface area contributed by atoms with Crippen LogP contribution in [0.15, 0.2) is 75.3 Å². The van der Waals surface area contributed by atoms with Crippen LogP contribution in [-0.2, 0) is 17.8 Å². The maximum Gasteiger partial charge on any atom is 0.291 e. The van der Waals surface area contributed by atoms with Gasteiger partial charge >= 0.3 is 0 Å². The number of likely N-dealkylation sites (N-methyl/N-ethyl adjacent to an activating group) is 1. The fraction of sp³-hybridized carbons (Fsp3) is 0.185. The minimum Gasteiger partial charge on any atom is -0.496 e. The summed E-state index contributed by atoms with van der Waals surface area (Å²) < 4.78 is 7.58. The number of carbonyl (C=O) groups is 2. The lowest BCUT2D eigenvalue weighted by atomic mass is 10.2. The van der Waals surface area contributed by atoms with Gasteiger partial charge in [0.05, 0.1) is 29.8 Å². The van der Waals surface area contributed by atoms with E-state index in [1.54, 1.807) is 42.2 Å². The van der Waals surface area contributed by atoms with E-state index >= 15 is 0 Å². The summed E-state index contributed by atoms with van der Waals surface area (Å²) >= 11 is 3.21. The van der Waals surface area contributed by atoms with Gasteiger partial charge in [-0.3, -0.25) is 14.7 Å². The molecule has 5 aromatic rings. The summed E-state index contributed by atoms with van der Waals surface area (Å²) in [5.41, 5.74) is 2.82.